The molecule has 0 saturated carbocycles. The molecule has 0 fully saturated rings. The first-order valence-electron chi connectivity index (χ1n) is 7.63. The minimum absolute atomic E-state index is 0.0391. The van der Waals surface area contributed by atoms with Gasteiger partial charge in [0.05, 0.1) is 12.7 Å². The Hall–Kier alpha value is -2.63. The molecular formula is C19H17F3O3. The highest BCUT2D eigenvalue weighted by Crippen LogP contribution is 2.49. The Kier molecular flexibility index (Phi) is 3.94. The molecule has 1 heterocycles. The van der Waals surface area contributed by atoms with Crippen LogP contribution in [-0.2, 0) is 6.18 Å². The van der Waals surface area contributed by atoms with Crippen molar-refractivity contribution in [3.05, 3.63) is 59.2 Å². The predicted octanol–water partition coefficient (Wildman–Crippen LogP) is 5.02. The molecule has 0 unspecified atom stereocenters. The van der Waals surface area contributed by atoms with Gasteiger partial charge in [0.15, 0.2) is 11.5 Å². The number of hydrogen-bond donors (Lipinski definition) is 1. The topological polar surface area (TPSA) is 38.7 Å². The third-order valence-corrected chi connectivity index (χ3v) is 3.98. The molecule has 0 amide bonds. The van der Waals surface area contributed by atoms with E-state index in [0.29, 0.717) is 11.1 Å². The van der Waals surface area contributed by atoms with Gasteiger partial charge in [-0.3, -0.25) is 0 Å². The average Bonchev–Trinajstić information content (AvgIpc) is 2.54. The fourth-order valence-corrected chi connectivity index (χ4v) is 2.94. The molecule has 25 heavy (non-hydrogen) atoms. The highest BCUT2D eigenvalue weighted by atomic mass is 19.4. The third-order valence-electron chi connectivity index (χ3n) is 3.98. The molecule has 0 aliphatic carbocycles. The molecule has 0 aromatic heterocycles. The minimum Gasteiger partial charge on any atom is -0.502 e. The number of phenolic OH excluding ortho intramolecular Hbond substituents is 1. The van der Waals surface area contributed by atoms with Gasteiger partial charge >= 0.3 is 6.18 Å². The number of halogens is 3. The smallest absolute Gasteiger partial charge is 0.417 e. The van der Waals surface area contributed by atoms with E-state index in [1.807, 2.05) is 0 Å². The Morgan fingerprint density at radius 3 is 2.36 bits per heavy atom. The van der Waals surface area contributed by atoms with E-state index >= 15 is 0 Å². The van der Waals surface area contributed by atoms with E-state index in [9.17, 15) is 18.3 Å². The van der Waals surface area contributed by atoms with Gasteiger partial charge in [-0.15, -0.1) is 0 Å². The van der Waals surface area contributed by atoms with E-state index in [-0.39, 0.29) is 22.8 Å². The molecule has 3 rings (SSSR count). The lowest BCUT2D eigenvalue weighted by Gasteiger charge is -2.32. The number of alkyl halides is 3. The molecule has 0 bridgehead atoms. The second-order valence-corrected chi connectivity index (χ2v) is 6.30. The summed E-state index contributed by atoms with van der Waals surface area (Å²) in [6.07, 6.45) is -2.86. The molecule has 2 aromatic carbocycles. The van der Waals surface area contributed by atoms with Crippen LogP contribution in [0.4, 0.5) is 13.2 Å². The van der Waals surface area contributed by atoms with E-state index in [2.05, 4.69) is 0 Å². The number of phenols is 1. The van der Waals surface area contributed by atoms with E-state index in [1.165, 1.54) is 25.3 Å². The monoisotopic (exact) mass is 350 g/mol. The maximum absolute atomic E-state index is 13.4. The lowest BCUT2D eigenvalue weighted by Crippen LogP contribution is -2.29. The van der Waals surface area contributed by atoms with Crippen molar-refractivity contribution in [2.75, 3.05) is 7.11 Å². The third kappa shape index (κ3) is 3.04. The summed E-state index contributed by atoms with van der Waals surface area (Å²) >= 11 is 0. The van der Waals surface area contributed by atoms with Gasteiger partial charge in [-0.25, -0.2) is 0 Å². The molecule has 0 saturated heterocycles. The standard InChI is InChI=1S/C19H17F3O3/c1-18(2)10-13(11-6-4-5-7-14(11)19(20,21)22)12-8-9-15(24-3)16(23)17(12)25-18/h4-10,23H,1-3H3. The molecule has 1 aliphatic heterocycles. The Morgan fingerprint density at radius 1 is 1.04 bits per heavy atom. The summed E-state index contributed by atoms with van der Waals surface area (Å²) in [5.41, 5.74) is -0.853. The van der Waals surface area contributed by atoms with Crippen LogP contribution in [0.2, 0.25) is 0 Å². The minimum atomic E-state index is -4.49. The van der Waals surface area contributed by atoms with Gasteiger partial charge in [0.2, 0.25) is 5.75 Å². The summed E-state index contributed by atoms with van der Waals surface area (Å²) in [6.45, 7) is 3.43. The normalized spacial score (nSPS) is 15.8. The van der Waals surface area contributed by atoms with E-state index < -0.39 is 17.3 Å². The molecule has 6 heteroatoms. The van der Waals surface area contributed by atoms with E-state index in [1.54, 1.807) is 32.1 Å². The molecule has 2 aromatic rings. The molecule has 0 spiro atoms. The number of ether oxygens (including phenoxy) is 2. The summed E-state index contributed by atoms with van der Waals surface area (Å²) in [4.78, 5) is 0. The second-order valence-electron chi connectivity index (χ2n) is 6.30. The molecule has 0 radical (unpaired) electrons. The molecular weight excluding hydrogens is 333 g/mol. The van der Waals surface area contributed by atoms with Crippen molar-refractivity contribution < 1.29 is 27.8 Å². The van der Waals surface area contributed by atoms with Crippen molar-refractivity contribution in [3.8, 4) is 17.2 Å². The highest BCUT2D eigenvalue weighted by Gasteiger charge is 2.37. The van der Waals surface area contributed by atoms with Crippen molar-refractivity contribution >= 4 is 5.57 Å². The molecule has 0 atom stereocenters. The van der Waals surface area contributed by atoms with Crippen LogP contribution in [-0.4, -0.2) is 17.8 Å². The van der Waals surface area contributed by atoms with Crippen LogP contribution in [0.15, 0.2) is 42.5 Å². The number of rotatable bonds is 2. The van der Waals surface area contributed by atoms with Gasteiger partial charge in [0.1, 0.15) is 5.60 Å². The molecule has 3 nitrogen and oxygen atoms in total. The van der Waals surface area contributed by atoms with Crippen LogP contribution >= 0.6 is 0 Å². The average molecular weight is 350 g/mol. The molecule has 1 aliphatic rings. The second kappa shape index (κ2) is 5.72. The summed E-state index contributed by atoms with van der Waals surface area (Å²) in [5, 5.41) is 10.4. The number of benzene rings is 2. The van der Waals surface area contributed by atoms with Gasteiger partial charge in [-0.2, -0.15) is 13.2 Å². The first kappa shape index (κ1) is 17.2. The van der Waals surface area contributed by atoms with Crippen molar-refractivity contribution in [1.29, 1.82) is 0 Å². The fraction of sp³-hybridized carbons (Fsp3) is 0.263. The van der Waals surface area contributed by atoms with Crippen molar-refractivity contribution in [3.63, 3.8) is 0 Å². The quantitative estimate of drug-likeness (QED) is 0.826. The van der Waals surface area contributed by atoms with Crippen LogP contribution in [0.5, 0.6) is 17.2 Å². The molecule has 132 valence electrons. The Labute approximate surface area is 143 Å². The zero-order chi connectivity index (χ0) is 18.4. The Morgan fingerprint density at radius 2 is 1.72 bits per heavy atom. The van der Waals surface area contributed by atoms with Crippen molar-refractivity contribution in [2.24, 2.45) is 0 Å². The first-order valence-corrected chi connectivity index (χ1v) is 7.63. The first-order chi connectivity index (χ1) is 11.6. The predicted molar refractivity (Wildman–Crippen MR) is 87.9 cm³/mol. The summed E-state index contributed by atoms with van der Waals surface area (Å²) in [7, 11) is 1.39. The van der Waals surface area contributed by atoms with Gasteiger partial charge in [0, 0.05) is 5.56 Å². The maximum Gasteiger partial charge on any atom is 0.417 e. The number of fused-ring (bicyclic) bond motifs is 1. The van der Waals surface area contributed by atoms with Crippen molar-refractivity contribution in [2.45, 2.75) is 25.6 Å². The van der Waals surface area contributed by atoms with E-state index in [4.69, 9.17) is 9.47 Å². The number of aromatic hydroxyl groups is 1. The van der Waals surface area contributed by atoms with Crippen LogP contribution < -0.4 is 9.47 Å². The fourth-order valence-electron chi connectivity index (χ4n) is 2.94. The van der Waals surface area contributed by atoms with Crippen LogP contribution in [0.25, 0.3) is 5.57 Å². The van der Waals surface area contributed by atoms with Crippen LogP contribution in [0.3, 0.4) is 0 Å². The Bertz CT molecular complexity index is 851. The number of methoxy groups -OCH3 is 1. The van der Waals surface area contributed by atoms with Crippen LogP contribution in [0.1, 0.15) is 30.5 Å². The van der Waals surface area contributed by atoms with Crippen LogP contribution in [0, 0.1) is 0 Å². The maximum atomic E-state index is 13.4. The van der Waals surface area contributed by atoms with E-state index in [0.717, 1.165) is 6.07 Å². The van der Waals surface area contributed by atoms with Gasteiger partial charge < -0.3 is 14.6 Å². The summed E-state index contributed by atoms with van der Waals surface area (Å²) < 4.78 is 51.2. The van der Waals surface area contributed by atoms with Gasteiger partial charge in [-0.1, -0.05) is 18.2 Å². The summed E-state index contributed by atoms with van der Waals surface area (Å²) in [5.74, 6) is 0.0712. The zero-order valence-corrected chi connectivity index (χ0v) is 13.9. The van der Waals surface area contributed by atoms with Gasteiger partial charge in [-0.05, 0) is 49.3 Å². The molecule has 1 N–H and O–H groups in total. The highest BCUT2D eigenvalue weighted by molar-refractivity contribution is 5.88. The van der Waals surface area contributed by atoms with Gasteiger partial charge in [0.25, 0.3) is 0 Å². The number of hydrogen-bond acceptors (Lipinski definition) is 3. The Balaban J connectivity index is 2.29. The lowest BCUT2D eigenvalue weighted by molar-refractivity contribution is -0.137. The largest absolute Gasteiger partial charge is 0.502 e. The van der Waals surface area contributed by atoms with Crippen molar-refractivity contribution in [1.82, 2.24) is 0 Å². The summed E-state index contributed by atoms with van der Waals surface area (Å²) in [6, 6.07) is 8.45. The lowest BCUT2D eigenvalue weighted by atomic mass is 9.87. The SMILES string of the molecule is COc1ccc2c(c1O)OC(C)(C)C=C2c1ccccc1C(F)(F)F. The zero-order valence-electron chi connectivity index (χ0n) is 13.9.